The van der Waals surface area contributed by atoms with E-state index >= 15 is 0 Å². The number of methoxy groups -OCH3 is 1. The number of aliphatic imine (C=N–C) groups is 1. The SMILES string of the molecule is CN=C(NCc1c(C)nn(CCOC)c1C)NC1CC=CC1. The molecule has 0 saturated heterocycles. The van der Waals surface area contributed by atoms with Gasteiger partial charge in [-0.05, 0) is 26.7 Å². The molecular weight excluding hydrogens is 278 g/mol. The molecule has 2 N–H and O–H groups in total. The van der Waals surface area contributed by atoms with Crippen LogP contribution < -0.4 is 10.6 Å². The third kappa shape index (κ3) is 4.10. The van der Waals surface area contributed by atoms with Crippen molar-refractivity contribution in [3.05, 3.63) is 29.1 Å². The van der Waals surface area contributed by atoms with E-state index < -0.39 is 0 Å². The number of aromatic nitrogens is 2. The first-order chi connectivity index (χ1) is 10.7. The normalized spacial score (nSPS) is 15.5. The van der Waals surface area contributed by atoms with Crippen LogP contribution in [0.5, 0.6) is 0 Å². The van der Waals surface area contributed by atoms with E-state index in [9.17, 15) is 0 Å². The summed E-state index contributed by atoms with van der Waals surface area (Å²) in [5, 5.41) is 11.4. The monoisotopic (exact) mass is 305 g/mol. The maximum absolute atomic E-state index is 5.13. The van der Waals surface area contributed by atoms with Gasteiger partial charge in [-0.1, -0.05) is 12.2 Å². The van der Waals surface area contributed by atoms with Crippen LogP contribution in [-0.4, -0.2) is 42.5 Å². The Morgan fingerprint density at radius 2 is 2.14 bits per heavy atom. The first-order valence-corrected chi connectivity index (χ1v) is 7.79. The van der Waals surface area contributed by atoms with Crippen molar-refractivity contribution in [1.82, 2.24) is 20.4 Å². The summed E-state index contributed by atoms with van der Waals surface area (Å²) in [6.45, 7) is 6.33. The molecular formula is C16H27N5O. The van der Waals surface area contributed by atoms with Crippen molar-refractivity contribution in [2.24, 2.45) is 4.99 Å². The van der Waals surface area contributed by atoms with Gasteiger partial charge in [0.15, 0.2) is 5.96 Å². The predicted molar refractivity (Wildman–Crippen MR) is 89.1 cm³/mol. The fraction of sp³-hybridized carbons (Fsp3) is 0.625. The average molecular weight is 305 g/mol. The Bertz CT molecular complexity index is 539. The predicted octanol–water partition coefficient (Wildman–Crippen LogP) is 1.53. The van der Waals surface area contributed by atoms with E-state index in [1.54, 1.807) is 14.2 Å². The van der Waals surface area contributed by atoms with E-state index in [2.05, 4.69) is 39.8 Å². The van der Waals surface area contributed by atoms with Crippen molar-refractivity contribution in [3.63, 3.8) is 0 Å². The summed E-state index contributed by atoms with van der Waals surface area (Å²) in [5.74, 6) is 0.845. The Morgan fingerprint density at radius 1 is 1.41 bits per heavy atom. The molecule has 0 aromatic carbocycles. The number of nitrogens with one attached hydrogen (secondary N) is 2. The van der Waals surface area contributed by atoms with E-state index in [-0.39, 0.29) is 0 Å². The van der Waals surface area contributed by atoms with Crippen molar-refractivity contribution < 1.29 is 4.74 Å². The summed E-state index contributed by atoms with van der Waals surface area (Å²) in [6, 6.07) is 0.456. The lowest BCUT2D eigenvalue weighted by Gasteiger charge is -2.17. The highest BCUT2D eigenvalue weighted by Gasteiger charge is 2.14. The molecule has 1 aliphatic rings. The average Bonchev–Trinajstić information content (AvgIpc) is 3.11. The summed E-state index contributed by atoms with van der Waals surface area (Å²) in [7, 11) is 3.52. The van der Waals surface area contributed by atoms with Crippen LogP contribution in [0.25, 0.3) is 0 Å². The largest absolute Gasteiger partial charge is 0.383 e. The van der Waals surface area contributed by atoms with Crippen LogP contribution in [0.4, 0.5) is 0 Å². The Morgan fingerprint density at radius 3 is 2.77 bits per heavy atom. The van der Waals surface area contributed by atoms with E-state index in [1.807, 2.05) is 11.6 Å². The van der Waals surface area contributed by atoms with Crippen LogP contribution >= 0.6 is 0 Å². The van der Waals surface area contributed by atoms with Crippen LogP contribution in [0.3, 0.4) is 0 Å². The van der Waals surface area contributed by atoms with Gasteiger partial charge < -0.3 is 15.4 Å². The van der Waals surface area contributed by atoms with Crippen molar-refractivity contribution in [2.75, 3.05) is 20.8 Å². The summed E-state index contributed by atoms with van der Waals surface area (Å²) in [6.07, 6.45) is 6.54. The van der Waals surface area contributed by atoms with Gasteiger partial charge in [-0.2, -0.15) is 5.10 Å². The van der Waals surface area contributed by atoms with Crippen molar-refractivity contribution >= 4 is 5.96 Å². The van der Waals surface area contributed by atoms with Gasteiger partial charge in [0.05, 0.1) is 18.8 Å². The fourth-order valence-electron chi connectivity index (χ4n) is 2.68. The molecule has 1 aliphatic carbocycles. The highest BCUT2D eigenvalue weighted by molar-refractivity contribution is 5.80. The zero-order valence-corrected chi connectivity index (χ0v) is 14.0. The Balaban J connectivity index is 1.93. The molecule has 1 aromatic rings. The number of hydrogen-bond acceptors (Lipinski definition) is 3. The van der Waals surface area contributed by atoms with Gasteiger partial charge in [0.25, 0.3) is 0 Å². The lowest BCUT2D eigenvalue weighted by Crippen LogP contribution is -2.42. The van der Waals surface area contributed by atoms with Gasteiger partial charge in [-0.25, -0.2) is 0 Å². The van der Waals surface area contributed by atoms with Crippen LogP contribution in [0.15, 0.2) is 17.1 Å². The second-order valence-corrected chi connectivity index (χ2v) is 5.58. The van der Waals surface area contributed by atoms with E-state index in [0.717, 1.165) is 37.6 Å². The number of hydrogen-bond donors (Lipinski definition) is 2. The van der Waals surface area contributed by atoms with Crippen LogP contribution in [-0.2, 0) is 17.8 Å². The molecule has 2 rings (SSSR count). The maximum atomic E-state index is 5.13. The van der Waals surface area contributed by atoms with Crippen LogP contribution in [0, 0.1) is 13.8 Å². The van der Waals surface area contributed by atoms with Crippen molar-refractivity contribution in [3.8, 4) is 0 Å². The molecule has 0 saturated carbocycles. The molecule has 0 atom stereocenters. The van der Waals surface area contributed by atoms with Gasteiger partial charge in [0, 0.05) is 38.0 Å². The lowest BCUT2D eigenvalue weighted by atomic mass is 10.2. The van der Waals surface area contributed by atoms with E-state index in [0.29, 0.717) is 12.6 Å². The summed E-state index contributed by atoms with van der Waals surface area (Å²) >= 11 is 0. The molecule has 0 aliphatic heterocycles. The van der Waals surface area contributed by atoms with Gasteiger partial charge in [-0.3, -0.25) is 9.67 Å². The van der Waals surface area contributed by atoms with Crippen LogP contribution in [0.1, 0.15) is 29.8 Å². The van der Waals surface area contributed by atoms with Gasteiger partial charge in [0.1, 0.15) is 0 Å². The zero-order chi connectivity index (χ0) is 15.9. The highest BCUT2D eigenvalue weighted by atomic mass is 16.5. The van der Waals surface area contributed by atoms with E-state index in [4.69, 9.17) is 4.74 Å². The molecule has 0 unspecified atom stereocenters. The summed E-state index contributed by atoms with van der Waals surface area (Å²) in [5.41, 5.74) is 3.46. The number of nitrogens with zero attached hydrogens (tertiary/aromatic N) is 3. The minimum absolute atomic E-state index is 0.456. The number of aryl methyl sites for hydroxylation is 1. The molecule has 0 fully saturated rings. The second-order valence-electron chi connectivity index (χ2n) is 5.58. The zero-order valence-electron chi connectivity index (χ0n) is 14.0. The molecule has 1 aromatic heterocycles. The minimum Gasteiger partial charge on any atom is -0.383 e. The molecule has 6 heteroatoms. The van der Waals surface area contributed by atoms with Gasteiger partial charge in [-0.15, -0.1) is 0 Å². The van der Waals surface area contributed by atoms with Crippen molar-refractivity contribution in [1.29, 1.82) is 0 Å². The third-order valence-electron chi connectivity index (χ3n) is 4.04. The number of ether oxygens (including phenoxy) is 1. The Hall–Kier alpha value is -1.82. The summed E-state index contributed by atoms with van der Waals surface area (Å²) in [4.78, 5) is 4.30. The van der Waals surface area contributed by atoms with Gasteiger partial charge >= 0.3 is 0 Å². The number of rotatable bonds is 6. The maximum Gasteiger partial charge on any atom is 0.191 e. The molecule has 6 nitrogen and oxygen atoms in total. The second kappa shape index (κ2) is 7.98. The fourth-order valence-corrected chi connectivity index (χ4v) is 2.68. The van der Waals surface area contributed by atoms with E-state index in [1.165, 1.54) is 11.3 Å². The minimum atomic E-state index is 0.456. The third-order valence-corrected chi connectivity index (χ3v) is 4.04. The Kier molecular flexibility index (Phi) is 6.00. The molecule has 22 heavy (non-hydrogen) atoms. The molecule has 122 valence electrons. The topological polar surface area (TPSA) is 63.5 Å². The molecule has 0 bridgehead atoms. The molecule has 0 spiro atoms. The first-order valence-electron chi connectivity index (χ1n) is 7.79. The van der Waals surface area contributed by atoms with Gasteiger partial charge in [0.2, 0.25) is 0 Å². The highest BCUT2D eigenvalue weighted by Crippen LogP contribution is 2.13. The molecule has 1 heterocycles. The van der Waals surface area contributed by atoms with Crippen molar-refractivity contribution in [2.45, 2.75) is 45.8 Å². The molecule has 0 radical (unpaired) electrons. The summed E-state index contributed by atoms with van der Waals surface area (Å²) < 4.78 is 7.14. The lowest BCUT2D eigenvalue weighted by molar-refractivity contribution is 0.182. The number of guanidine groups is 1. The van der Waals surface area contributed by atoms with Crippen LogP contribution in [0.2, 0.25) is 0 Å². The standard InChI is InChI=1S/C16H27N5O/c1-12-15(13(2)21(20-12)9-10-22-4)11-18-16(17-3)19-14-7-5-6-8-14/h5-6,14H,7-11H2,1-4H3,(H2,17,18,19). The first kappa shape index (κ1) is 16.5. The molecule has 0 amide bonds. The Labute approximate surface area is 132 Å². The quantitative estimate of drug-likeness (QED) is 0.475. The smallest absolute Gasteiger partial charge is 0.191 e.